The summed E-state index contributed by atoms with van der Waals surface area (Å²) in [6, 6.07) is 0. The Morgan fingerprint density at radius 1 is 1.43 bits per heavy atom. The zero-order valence-corrected chi connectivity index (χ0v) is 16.4. The molecule has 0 saturated carbocycles. The van der Waals surface area contributed by atoms with Crippen LogP contribution in [0.2, 0.25) is 0 Å². The van der Waals surface area contributed by atoms with Gasteiger partial charge >= 0.3 is 0 Å². The molecule has 3 heterocycles. The number of rotatable bonds is 6. The van der Waals surface area contributed by atoms with Crippen LogP contribution in [0.1, 0.15) is 32.6 Å². The van der Waals surface area contributed by atoms with Gasteiger partial charge in [-0.15, -0.1) is 0 Å². The number of allylic oxidation sites excluding steroid dienone is 3. The summed E-state index contributed by atoms with van der Waals surface area (Å²) in [4.78, 5) is 14.1. The molecule has 0 bridgehead atoms. The molecule has 8 heteroatoms. The second kappa shape index (κ2) is 8.77. The van der Waals surface area contributed by atoms with Crippen LogP contribution in [-0.4, -0.2) is 49.6 Å². The molecule has 1 amide bonds. The lowest BCUT2D eigenvalue weighted by Crippen LogP contribution is -2.47. The maximum atomic E-state index is 13.7. The molecule has 6 nitrogen and oxygen atoms in total. The van der Waals surface area contributed by atoms with Crippen LogP contribution in [-0.2, 0) is 4.79 Å². The predicted octanol–water partition coefficient (Wildman–Crippen LogP) is 1.92. The number of likely N-dealkylation sites (N-methyl/N-ethyl adjacent to an activating group) is 1. The first-order chi connectivity index (χ1) is 13.4. The number of hydrogen-bond donors (Lipinski definition) is 4. The van der Waals surface area contributed by atoms with Crippen LogP contribution in [0.15, 0.2) is 47.1 Å². The quantitative estimate of drug-likeness (QED) is 0.555. The fraction of sp³-hybridized carbons (Fsp3) is 0.550. The van der Waals surface area contributed by atoms with Crippen molar-refractivity contribution in [1.82, 2.24) is 26.2 Å². The number of dihydropyridines is 2. The van der Waals surface area contributed by atoms with E-state index in [1.165, 1.54) is 4.90 Å². The first-order valence-electron chi connectivity index (χ1n) is 9.85. The van der Waals surface area contributed by atoms with E-state index in [0.717, 1.165) is 29.9 Å². The molecule has 28 heavy (non-hydrogen) atoms. The molecule has 0 aromatic rings. The van der Waals surface area contributed by atoms with Crippen LogP contribution in [0, 0.1) is 0 Å². The minimum atomic E-state index is -2.79. The molecule has 1 fully saturated rings. The van der Waals surface area contributed by atoms with E-state index in [0.29, 0.717) is 25.1 Å². The number of piperidine rings is 1. The molecule has 1 saturated heterocycles. The smallest absolute Gasteiger partial charge is 0.265 e. The number of carbonyl (C=O) groups excluding carboxylic acids is 1. The van der Waals surface area contributed by atoms with Crippen molar-refractivity contribution in [3.8, 4) is 0 Å². The van der Waals surface area contributed by atoms with Gasteiger partial charge in [0.25, 0.3) is 11.8 Å². The number of alkyl halides is 2. The van der Waals surface area contributed by atoms with Gasteiger partial charge in [-0.3, -0.25) is 10.1 Å². The van der Waals surface area contributed by atoms with Gasteiger partial charge in [0.15, 0.2) is 0 Å². The lowest BCUT2D eigenvalue weighted by atomic mass is 10.0. The van der Waals surface area contributed by atoms with Crippen LogP contribution in [0.25, 0.3) is 0 Å². The summed E-state index contributed by atoms with van der Waals surface area (Å²) in [6.07, 6.45) is 9.63. The Balaban J connectivity index is 1.76. The van der Waals surface area contributed by atoms with E-state index in [2.05, 4.69) is 28.2 Å². The number of nitrogens with zero attached hydrogens (tertiary/aromatic N) is 1. The Labute approximate surface area is 164 Å². The molecule has 4 N–H and O–H groups in total. The van der Waals surface area contributed by atoms with Crippen molar-refractivity contribution in [1.29, 1.82) is 0 Å². The lowest BCUT2D eigenvalue weighted by molar-refractivity contribution is -0.137. The highest BCUT2D eigenvalue weighted by Gasteiger charge is 2.38. The van der Waals surface area contributed by atoms with Crippen molar-refractivity contribution in [3.05, 3.63) is 47.1 Å². The fourth-order valence-electron chi connectivity index (χ4n) is 3.62. The average Bonchev–Trinajstić information content (AvgIpc) is 2.68. The van der Waals surface area contributed by atoms with Crippen molar-refractivity contribution in [2.24, 2.45) is 0 Å². The van der Waals surface area contributed by atoms with Gasteiger partial charge in [0.1, 0.15) is 5.82 Å². The summed E-state index contributed by atoms with van der Waals surface area (Å²) >= 11 is 0. The second-order valence-electron chi connectivity index (χ2n) is 7.37. The Kier molecular flexibility index (Phi) is 6.39. The second-order valence-corrected chi connectivity index (χ2v) is 7.37. The van der Waals surface area contributed by atoms with Gasteiger partial charge in [0, 0.05) is 30.8 Å². The Morgan fingerprint density at radius 3 is 2.96 bits per heavy atom. The van der Waals surface area contributed by atoms with E-state index in [9.17, 15) is 13.6 Å². The highest BCUT2D eigenvalue weighted by atomic mass is 19.3. The normalized spacial score (nSPS) is 24.1. The minimum Gasteiger partial charge on any atom is -0.372 e. The maximum Gasteiger partial charge on any atom is 0.265 e. The molecule has 0 aliphatic carbocycles. The van der Waals surface area contributed by atoms with Crippen molar-refractivity contribution >= 4 is 5.91 Å². The minimum absolute atomic E-state index is 0.0414. The highest BCUT2D eigenvalue weighted by Crippen LogP contribution is 2.28. The van der Waals surface area contributed by atoms with Crippen molar-refractivity contribution in [3.63, 3.8) is 0 Å². The van der Waals surface area contributed by atoms with E-state index < -0.39 is 12.5 Å². The number of nitrogens with one attached hydrogen (secondary N) is 4. The Bertz CT molecular complexity index is 726. The van der Waals surface area contributed by atoms with Crippen molar-refractivity contribution in [2.45, 2.75) is 44.7 Å². The van der Waals surface area contributed by atoms with Crippen LogP contribution in [0.3, 0.4) is 0 Å². The number of likely N-dealkylation sites (tertiary alicyclic amines) is 1. The summed E-state index contributed by atoms with van der Waals surface area (Å²) in [5, 5.41) is 13.0. The summed E-state index contributed by atoms with van der Waals surface area (Å²) < 4.78 is 27.4. The average molecular weight is 393 g/mol. The van der Waals surface area contributed by atoms with E-state index in [4.69, 9.17) is 0 Å². The highest BCUT2D eigenvalue weighted by molar-refractivity contribution is 5.95. The van der Waals surface area contributed by atoms with Gasteiger partial charge in [0.2, 0.25) is 0 Å². The van der Waals surface area contributed by atoms with Crippen LogP contribution < -0.4 is 21.3 Å². The third kappa shape index (κ3) is 4.92. The molecule has 3 rings (SSSR count). The number of carbonyl (C=O) groups is 1. The van der Waals surface area contributed by atoms with Crippen LogP contribution in [0.5, 0.6) is 0 Å². The molecule has 1 unspecified atom stereocenters. The number of hydrogen-bond acceptors (Lipinski definition) is 5. The van der Waals surface area contributed by atoms with Gasteiger partial charge in [-0.2, -0.15) is 0 Å². The molecular weight excluding hydrogens is 364 g/mol. The monoisotopic (exact) mass is 393 g/mol. The molecule has 1 atom stereocenters. The topological polar surface area (TPSA) is 68.4 Å². The van der Waals surface area contributed by atoms with Crippen LogP contribution >= 0.6 is 0 Å². The zero-order chi connectivity index (χ0) is 20.1. The van der Waals surface area contributed by atoms with Crippen molar-refractivity contribution in [2.75, 3.05) is 26.7 Å². The van der Waals surface area contributed by atoms with Crippen molar-refractivity contribution < 1.29 is 13.6 Å². The largest absolute Gasteiger partial charge is 0.372 e. The van der Waals surface area contributed by atoms with Gasteiger partial charge in [-0.25, -0.2) is 8.78 Å². The van der Waals surface area contributed by atoms with E-state index >= 15 is 0 Å². The molecule has 3 aliphatic rings. The maximum absolute atomic E-state index is 13.7. The van der Waals surface area contributed by atoms with Gasteiger partial charge in [0.05, 0.1) is 12.7 Å². The van der Waals surface area contributed by atoms with Gasteiger partial charge in [-0.05, 0) is 49.9 Å². The zero-order valence-electron chi connectivity index (χ0n) is 16.4. The van der Waals surface area contributed by atoms with Gasteiger partial charge < -0.3 is 20.9 Å². The molecule has 0 aromatic carbocycles. The molecule has 154 valence electrons. The Morgan fingerprint density at radius 2 is 2.25 bits per heavy atom. The van der Waals surface area contributed by atoms with Crippen LogP contribution in [0.4, 0.5) is 8.78 Å². The van der Waals surface area contributed by atoms with E-state index in [-0.39, 0.29) is 18.5 Å². The number of halogens is 2. The summed E-state index contributed by atoms with van der Waals surface area (Å²) in [5.41, 5.74) is 2.46. The summed E-state index contributed by atoms with van der Waals surface area (Å²) in [5.74, 6) is -2.23. The first kappa shape index (κ1) is 20.4. The third-order valence-electron chi connectivity index (χ3n) is 5.06. The molecule has 0 aromatic heterocycles. The lowest BCUT2D eigenvalue weighted by Gasteiger charge is -2.34. The number of amides is 1. The van der Waals surface area contributed by atoms with E-state index in [1.807, 2.05) is 31.5 Å². The molecular formula is C20H29F2N5O. The van der Waals surface area contributed by atoms with Gasteiger partial charge in [-0.1, -0.05) is 13.3 Å². The standard InChI is InChI=1S/C20H29F2N5O/c1-3-5-14-10-15(19(28)27-9-4-7-20(21,22)13-27)12-25-18(14)26-16-6-8-24-17(11-16)23-2/h6,8,10-11,17,23-26H,3-5,7,9,12-13H2,1-2H3. The SMILES string of the molecule is CCCC1=C(NC2=CC(NC)NC=C2)NCC(C(=O)N2CCCC(F)(F)C2)=C1. The Hall–Kier alpha value is -2.35. The third-order valence-corrected chi connectivity index (χ3v) is 5.06. The first-order valence-corrected chi connectivity index (χ1v) is 9.85. The van der Waals surface area contributed by atoms with E-state index in [1.54, 1.807) is 0 Å². The summed E-state index contributed by atoms with van der Waals surface area (Å²) in [7, 11) is 1.87. The molecule has 0 radical (unpaired) electrons. The summed E-state index contributed by atoms with van der Waals surface area (Å²) in [6.45, 7) is 2.29. The molecule has 0 spiro atoms. The predicted molar refractivity (Wildman–Crippen MR) is 105 cm³/mol. The fourth-order valence-corrected chi connectivity index (χ4v) is 3.62. The molecule has 3 aliphatic heterocycles.